The van der Waals surface area contributed by atoms with Gasteiger partial charge in [0.1, 0.15) is 12.1 Å². The molecule has 0 aliphatic carbocycles. The standard InChI is InChI=1S/C14H13N5O6S.Na/c15-13(20)12-11-9(6-18(16-11)8-4-2-1-3-5-8)10-7-17(12)14(21)19(10)25-26(22,23)24;/h1-6,10,12H,7H2,(H3,15,20,22,23,24);/q;+1/p-1/t10-,12+;/m1./s1. The zero-order valence-electron chi connectivity index (χ0n) is 14.0. The summed E-state index contributed by atoms with van der Waals surface area (Å²) in [6.07, 6.45) is 1.54. The predicted octanol–water partition coefficient (Wildman–Crippen LogP) is -1.98. The molecule has 4 rings (SSSR count). The van der Waals surface area contributed by atoms with E-state index in [0.29, 0.717) is 16.3 Å². The average molecular weight is 401 g/mol. The predicted molar refractivity (Wildman–Crippen MR) is 84.9 cm³/mol. The fourth-order valence-electron chi connectivity index (χ4n) is 3.22. The molecule has 3 amide bonds. The number of para-hydroxylation sites is 1. The Bertz CT molecular complexity index is 1010. The van der Waals surface area contributed by atoms with Crippen LogP contribution >= 0.6 is 0 Å². The van der Waals surface area contributed by atoms with Gasteiger partial charge in [-0.2, -0.15) is 18.6 Å². The Morgan fingerprint density at radius 2 is 1.96 bits per heavy atom. The van der Waals surface area contributed by atoms with Crippen LogP contribution < -0.4 is 29.6 Å². The summed E-state index contributed by atoms with van der Waals surface area (Å²) in [5, 5.41) is 4.80. The number of hydrogen-bond acceptors (Lipinski definition) is 6. The number of aromatic nitrogens is 2. The number of hydrogen-bond donors (Lipinski definition) is 1. The third kappa shape index (κ3) is 3.35. The maximum Gasteiger partial charge on any atom is 1.00 e. The Hall–Kier alpha value is -1.96. The van der Waals surface area contributed by atoms with Gasteiger partial charge in [-0.3, -0.25) is 4.55 Å². The quantitative estimate of drug-likeness (QED) is 0.462. The summed E-state index contributed by atoms with van der Waals surface area (Å²) < 4.78 is 36.9. The molecule has 0 spiro atoms. The van der Waals surface area contributed by atoms with Crippen molar-refractivity contribution >= 4 is 22.3 Å². The van der Waals surface area contributed by atoms with Gasteiger partial charge in [0, 0.05) is 11.8 Å². The minimum absolute atomic E-state index is 0. The van der Waals surface area contributed by atoms with Crippen molar-refractivity contribution in [2.24, 2.45) is 0 Å². The molecule has 2 bridgehead atoms. The van der Waals surface area contributed by atoms with Crippen LogP contribution in [0.5, 0.6) is 0 Å². The molecule has 2 aliphatic rings. The minimum atomic E-state index is -4.95. The minimum Gasteiger partial charge on any atom is -0.666 e. The summed E-state index contributed by atoms with van der Waals surface area (Å²) in [4.78, 5) is 25.2. The van der Waals surface area contributed by atoms with E-state index < -0.39 is 34.4 Å². The fourth-order valence-corrected chi connectivity index (χ4v) is 3.59. The van der Waals surface area contributed by atoms with Crippen LogP contribution in [-0.2, 0) is 19.5 Å². The molecule has 13 heteroatoms. The maximum absolute atomic E-state index is 12.4. The van der Waals surface area contributed by atoms with Gasteiger partial charge >= 0.3 is 46.0 Å². The zero-order valence-corrected chi connectivity index (χ0v) is 16.8. The number of urea groups is 1. The van der Waals surface area contributed by atoms with Crippen LogP contribution in [0.25, 0.3) is 11.4 Å². The van der Waals surface area contributed by atoms with Gasteiger partial charge in [0.25, 0.3) is 0 Å². The second-order valence-electron chi connectivity index (χ2n) is 5.80. The first-order valence-electron chi connectivity index (χ1n) is 7.43. The van der Waals surface area contributed by atoms with Crippen molar-refractivity contribution in [2.75, 3.05) is 6.54 Å². The van der Waals surface area contributed by atoms with Crippen molar-refractivity contribution in [2.45, 2.75) is 12.1 Å². The molecule has 1 aromatic heterocycles. The summed E-state index contributed by atoms with van der Waals surface area (Å²) in [5.41, 5.74) is 8.71. The molecule has 0 unspecified atom stereocenters. The van der Waals surface area contributed by atoms with Crippen LogP contribution in [-0.4, -0.2) is 51.2 Å². The van der Waals surface area contributed by atoms with Crippen molar-refractivity contribution in [3.8, 4) is 5.69 Å². The van der Waals surface area contributed by atoms with Gasteiger partial charge in [-0.05, 0) is 12.1 Å². The van der Waals surface area contributed by atoms with Gasteiger partial charge < -0.3 is 15.4 Å². The van der Waals surface area contributed by atoms with E-state index in [-0.39, 0.29) is 41.8 Å². The molecule has 27 heavy (non-hydrogen) atoms. The molecule has 1 fully saturated rings. The van der Waals surface area contributed by atoms with Crippen LogP contribution in [0.4, 0.5) is 4.79 Å². The number of nitrogens with one attached hydrogen (secondary N) is 1. The molecular formula is C14H12N5NaO6S. The molecule has 0 radical (unpaired) electrons. The molecule has 2 N–H and O–H groups in total. The Morgan fingerprint density at radius 3 is 2.56 bits per heavy atom. The van der Waals surface area contributed by atoms with Crippen LogP contribution in [0.15, 0.2) is 36.5 Å². The Labute approximate surface area is 175 Å². The van der Waals surface area contributed by atoms with Crippen molar-refractivity contribution < 1.29 is 56.4 Å². The van der Waals surface area contributed by atoms with E-state index in [0.717, 1.165) is 4.90 Å². The molecule has 0 saturated carbocycles. The Kier molecular flexibility index (Phi) is 5.05. The topological polar surface area (TPSA) is 146 Å². The number of benzene rings is 1. The first-order chi connectivity index (χ1) is 12.3. The molecule has 1 aromatic carbocycles. The average Bonchev–Trinajstić information content (AvgIpc) is 3.12. The van der Waals surface area contributed by atoms with E-state index in [1.165, 1.54) is 4.68 Å². The van der Waals surface area contributed by atoms with E-state index >= 15 is 0 Å². The second-order valence-corrected chi connectivity index (χ2v) is 6.80. The number of hydroxylamine groups is 2. The number of rotatable bonds is 4. The first-order valence-corrected chi connectivity index (χ1v) is 8.80. The molecule has 2 aliphatic heterocycles. The molecule has 1 saturated heterocycles. The van der Waals surface area contributed by atoms with Gasteiger partial charge in [-0.1, -0.05) is 18.2 Å². The third-order valence-corrected chi connectivity index (χ3v) is 4.58. The maximum atomic E-state index is 12.4. The van der Waals surface area contributed by atoms with Crippen molar-refractivity contribution in [1.82, 2.24) is 19.7 Å². The Balaban J connectivity index is 0.00000210. The third-order valence-electron chi connectivity index (χ3n) is 4.23. The van der Waals surface area contributed by atoms with Crippen molar-refractivity contribution in [3.63, 3.8) is 0 Å². The number of amides is 3. The van der Waals surface area contributed by atoms with Crippen LogP contribution in [0.1, 0.15) is 23.3 Å². The van der Waals surface area contributed by atoms with E-state index in [4.69, 9.17) is 10.3 Å². The molecule has 11 nitrogen and oxygen atoms in total. The van der Waals surface area contributed by atoms with Gasteiger partial charge in [-0.25, -0.2) is 9.48 Å². The molecule has 2 aromatic rings. The first kappa shape index (κ1) is 19.8. The summed E-state index contributed by atoms with van der Waals surface area (Å²) in [6, 6.07) is 5.81. The number of fused-ring (bicyclic) bond motifs is 4. The van der Waals surface area contributed by atoms with Gasteiger partial charge in [0.05, 0.1) is 23.8 Å². The molecular weight excluding hydrogens is 389 g/mol. The van der Waals surface area contributed by atoms with E-state index in [1.54, 1.807) is 30.5 Å². The van der Waals surface area contributed by atoms with Crippen molar-refractivity contribution in [3.05, 3.63) is 53.5 Å². The van der Waals surface area contributed by atoms with E-state index in [9.17, 15) is 18.0 Å². The SMILES string of the molecule is [NH-]C(=O)[C@@H]1c2nn(-c3ccccc3)cc2[C@H]2CN1C(=O)N2OS(=O)(=O)O.[Na+]. The molecule has 2 atom stereocenters. The summed E-state index contributed by atoms with van der Waals surface area (Å²) in [7, 11) is -4.95. The van der Waals surface area contributed by atoms with E-state index in [2.05, 4.69) is 9.38 Å². The van der Waals surface area contributed by atoms with Crippen LogP contribution in [0.3, 0.4) is 0 Å². The van der Waals surface area contributed by atoms with Gasteiger partial charge in [0.2, 0.25) is 0 Å². The summed E-state index contributed by atoms with van der Waals surface area (Å²) >= 11 is 0. The monoisotopic (exact) mass is 401 g/mol. The van der Waals surface area contributed by atoms with Crippen LogP contribution in [0, 0.1) is 0 Å². The molecule has 3 heterocycles. The normalized spacial score (nSPS) is 21.0. The fraction of sp³-hybridized carbons (Fsp3) is 0.214. The van der Waals surface area contributed by atoms with Gasteiger partial charge in [0.15, 0.2) is 0 Å². The van der Waals surface area contributed by atoms with Gasteiger partial charge in [-0.15, -0.1) is 4.28 Å². The molecule has 136 valence electrons. The Morgan fingerprint density at radius 1 is 1.30 bits per heavy atom. The largest absolute Gasteiger partial charge is 1.00 e. The van der Waals surface area contributed by atoms with Crippen molar-refractivity contribution in [1.29, 1.82) is 0 Å². The number of carbonyl (C=O) groups is 2. The second kappa shape index (κ2) is 6.89. The van der Waals surface area contributed by atoms with E-state index in [1.807, 2.05) is 6.07 Å². The number of nitrogens with zero attached hydrogens (tertiary/aromatic N) is 4. The smallest absolute Gasteiger partial charge is 0.666 e. The number of carbonyl (C=O) groups excluding carboxylic acids is 2. The summed E-state index contributed by atoms with van der Waals surface area (Å²) in [5.74, 6) is -1.06. The summed E-state index contributed by atoms with van der Waals surface area (Å²) in [6.45, 7) is -0.0723. The zero-order chi connectivity index (χ0) is 18.6. The van der Waals surface area contributed by atoms with Crippen LogP contribution in [0.2, 0.25) is 0 Å².